The lowest BCUT2D eigenvalue weighted by molar-refractivity contribution is 0.224. The maximum absolute atomic E-state index is 13.0. The molecule has 2 N–H and O–H groups in total. The molecule has 0 aliphatic carbocycles. The molecular formula is C21H28ClFN4O. The van der Waals surface area contributed by atoms with Gasteiger partial charge in [-0.1, -0.05) is 6.42 Å². The highest BCUT2D eigenvalue weighted by Crippen LogP contribution is 2.18. The van der Waals surface area contributed by atoms with E-state index in [1.54, 1.807) is 24.4 Å². The average Bonchev–Trinajstić information content (AvgIpc) is 2.70. The van der Waals surface area contributed by atoms with Crippen LogP contribution in [0.3, 0.4) is 0 Å². The number of anilines is 1. The fourth-order valence-corrected chi connectivity index (χ4v) is 3.28. The number of carbonyl (C=O) groups is 1. The molecule has 1 aliphatic rings. The van der Waals surface area contributed by atoms with Gasteiger partial charge in [0.15, 0.2) is 0 Å². The Bertz CT molecular complexity index is 718. The minimum Gasteiger partial charge on any atom is -0.338 e. The van der Waals surface area contributed by atoms with E-state index in [0.29, 0.717) is 12.2 Å². The summed E-state index contributed by atoms with van der Waals surface area (Å²) in [6.07, 6.45) is 7.68. The van der Waals surface area contributed by atoms with Crippen molar-refractivity contribution in [3.8, 4) is 11.3 Å². The molecule has 1 aromatic heterocycles. The second-order valence-electron chi connectivity index (χ2n) is 6.93. The Labute approximate surface area is 172 Å². The molecule has 0 unspecified atom stereocenters. The summed E-state index contributed by atoms with van der Waals surface area (Å²) in [5.74, 6) is -0.273. The van der Waals surface area contributed by atoms with Gasteiger partial charge in [0, 0.05) is 12.1 Å². The maximum atomic E-state index is 13.0. The zero-order chi connectivity index (χ0) is 18.9. The summed E-state index contributed by atoms with van der Waals surface area (Å²) in [5, 5.41) is 5.67. The first-order chi connectivity index (χ1) is 13.2. The van der Waals surface area contributed by atoms with Crippen LogP contribution in [-0.2, 0) is 0 Å². The van der Waals surface area contributed by atoms with Crippen LogP contribution in [0.4, 0.5) is 14.9 Å². The van der Waals surface area contributed by atoms with E-state index in [1.165, 1.54) is 44.5 Å². The van der Waals surface area contributed by atoms with Gasteiger partial charge in [0.25, 0.3) is 0 Å². The molecule has 2 amide bonds. The molecule has 0 spiro atoms. The summed E-state index contributed by atoms with van der Waals surface area (Å²) >= 11 is 0. The molecule has 3 rings (SSSR count). The van der Waals surface area contributed by atoms with E-state index >= 15 is 0 Å². The lowest BCUT2D eigenvalue weighted by Crippen LogP contribution is -2.32. The maximum Gasteiger partial charge on any atom is 0.319 e. The number of urea groups is 1. The molecule has 1 aromatic carbocycles. The number of piperidine rings is 1. The number of benzene rings is 1. The lowest BCUT2D eigenvalue weighted by Gasteiger charge is -2.26. The normalized spacial score (nSPS) is 14.2. The van der Waals surface area contributed by atoms with Crippen molar-refractivity contribution in [3.63, 3.8) is 0 Å². The molecule has 0 radical (unpaired) electrons. The zero-order valence-electron chi connectivity index (χ0n) is 16.0. The number of nitrogens with zero attached hydrogens (tertiary/aromatic N) is 2. The van der Waals surface area contributed by atoms with Gasteiger partial charge in [0.05, 0.1) is 17.6 Å². The SMILES string of the molecule is Cl.O=C(NCCCCN1CCCCC1)Nc1ccc(-c2ccc(F)cc2)nc1. The number of carbonyl (C=O) groups excluding carboxylic acids is 1. The van der Waals surface area contributed by atoms with Crippen molar-refractivity contribution in [2.75, 3.05) is 31.5 Å². The van der Waals surface area contributed by atoms with Crippen LogP contribution in [0.15, 0.2) is 42.6 Å². The number of halogens is 2. The third kappa shape index (κ3) is 7.09. The van der Waals surface area contributed by atoms with E-state index in [9.17, 15) is 9.18 Å². The first-order valence-corrected chi connectivity index (χ1v) is 9.70. The summed E-state index contributed by atoms with van der Waals surface area (Å²) in [5.41, 5.74) is 2.20. The highest BCUT2D eigenvalue weighted by Gasteiger charge is 2.09. The number of likely N-dealkylation sites (tertiary alicyclic amines) is 1. The van der Waals surface area contributed by atoms with Crippen molar-refractivity contribution in [1.82, 2.24) is 15.2 Å². The van der Waals surface area contributed by atoms with Crippen molar-refractivity contribution in [1.29, 1.82) is 0 Å². The number of aromatic nitrogens is 1. The number of pyridine rings is 1. The standard InChI is InChI=1S/C21H27FN4O.ClH/c22-18-8-6-17(7-9-18)20-11-10-19(16-24-20)25-21(27)23-12-2-5-15-26-13-3-1-4-14-26;/h6-11,16H,1-5,12-15H2,(H2,23,25,27);1H. The van der Waals surface area contributed by atoms with Crippen LogP contribution in [-0.4, -0.2) is 42.1 Å². The number of rotatable bonds is 7. The largest absolute Gasteiger partial charge is 0.338 e. The monoisotopic (exact) mass is 406 g/mol. The Morgan fingerprint density at radius 3 is 2.46 bits per heavy atom. The molecule has 1 saturated heterocycles. The molecule has 7 heteroatoms. The Morgan fingerprint density at radius 1 is 1.04 bits per heavy atom. The molecule has 2 heterocycles. The van der Waals surface area contributed by atoms with Gasteiger partial charge in [-0.15, -0.1) is 12.4 Å². The number of nitrogens with one attached hydrogen (secondary N) is 2. The van der Waals surface area contributed by atoms with Crippen LogP contribution in [0.5, 0.6) is 0 Å². The molecule has 28 heavy (non-hydrogen) atoms. The Hall–Kier alpha value is -2.18. The number of hydrogen-bond donors (Lipinski definition) is 2. The molecule has 2 aromatic rings. The smallest absolute Gasteiger partial charge is 0.319 e. The van der Waals surface area contributed by atoms with Crippen LogP contribution in [0.2, 0.25) is 0 Å². The van der Waals surface area contributed by atoms with Crippen molar-refractivity contribution < 1.29 is 9.18 Å². The fraction of sp³-hybridized carbons (Fsp3) is 0.429. The summed E-state index contributed by atoms with van der Waals surface area (Å²) in [7, 11) is 0. The third-order valence-electron chi connectivity index (χ3n) is 4.80. The van der Waals surface area contributed by atoms with Gasteiger partial charge in [0.1, 0.15) is 5.82 Å². The lowest BCUT2D eigenvalue weighted by atomic mass is 10.1. The topological polar surface area (TPSA) is 57.3 Å². The van der Waals surface area contributed by atoms with Crippen LogP contribution in [0, 0.1) is 5.82 Å². The number of hydrogen-bond acceptors (Lipinski definition) is 3. The van der Waals surface area contributed by atoms with E-state index in [4.69, 9.17) is 0 Å². The quantitative estimate of drug-likeness (QED) is 0.655. The molecule has 0 atom stereocenters. The highest BCUT2D eigenvalue weighted by atomic mass is 35.5. The molecule has 152 valence electrons. The van der Waals surface area contributed by atoms with E-state index in [1.807, 2.05) is 6.07 Å². The molecule has 5 nitrogen and oxygen atoms in total. The van der Waals surface area contributed by atoms with Crippen molar-refractivity contribution in [2.45, 2.75) is 32.1 Å². The van der Waals surface area contributed by atoms with Gasteiger partial charge in [-0.2, -0.15) is 0 Å². The Morgan fingerprint density at radius 2 is 1.79 bits per heavy atom. The van der Waals surface area contributed by atoms with Gasteiger partial charge in [-0.3, -0.25) is 4.98 Å². The van der Waals surface area contributed by atoms with Crippen LogP contribution in [0.25, 0.3) is 11.3 Å². The number of amides is 2. The van der Waals surface area contributed by atoms with Gasteiger partial charge in [0.2, 0.25) is 0 Å². The van der Waals surface area contributed by atoms with E-state index in [2.05, 4.69) is 20.5 Å². The first-order valence-electron chi connectivity index (χ1n) is 9.70. The second-order valence-corrected chi connectivity index (χ2v) is 6.93. The Kier molecular flexibility index (Phi) is 9.17. The van der Waals surface area contributed by atoms with Gasteiger partial charge in [-0.25, -0.2) is 9.18 Å². The van der Waals surface area contributed by atoms with Crippen molar-refractivity contribution >= 4 is 24.1 Å². The van der Waals surface area contributed by atoms with Gasteiger partial charge >= 0.3 is 6.03 Å². The molecule has 0 saturated carbocycles. The summed E-state index contributed by atoms with van der Waals surface area (Å²) < 4.78 is 13.0. The van der Waals surface area contributed by atoms with Crippen LogP contribution in [0.1, 0.15) is 32.1 Å². The van der Waals surface area contributed by atoms with Crippen LogP contribution >= 0.6 is 12.4 Å². The van der Waals surface area contributed by atoms with Gasteiger partial charge in [-0.05, 0) is 81.7 Å². The van der Waals surface area contributed by atoms with Crippen LogP contribution < -0.4 is 10.6 Å². The minimum atomic E-state index is -0.273. The van der Waals surface area contributed by atoms with E-state index < -0.39 is 0 Å². The summed E-state index contributed by atoms with van der Waals surface area (Å²) in [6.45, 7) is 4.22. The molecular weight excluding hydrogens is 379 g/mol. The van der Waals surface area contributed by atoms with Gasteiger partial charge < -0.3 is 15.5 Å². The molecule has 1 aliphatic heterocycles. The van der Waals surface area contributed by atoms with Crippen molar-refractivity contribution in [2.24, 2.45) is 0 Å². The average molecular weight is 407 g/mol. The highest BCUT2D eigenvalue weighted by molar-refractivity contribution is 5.89. The summed E-state index contributed by atoms with van der Waals surface area (Å²) in [6, 6.07) is 9.56. The zero-order valence-corrected chi connectivity index (χ0v) is 16.8. The van der Waals surface area contributed by atoms with E-state index in [0.717, 1.165) is 30.6 Å². The number of unbranched alkanes of at least 4 members (excludes halogenated alkanes) is 1. The third-order valence-corrected chi connectivity index (χ3v) is 4.80. The van der Waals surface area contributed by atoms with E-state index in [-0.39, 0.29) is 24.3 Å². The molecule has 1 fully saturated rings. The minimum absolute atomic E-state index is 0. The van der Waals surface area contributed by atoms with Crippen molar-refractivity contribution in [3.05, 3.63) is 48.4 Å². The Balaban J connectivity index is 0.00000280. The summed E-state index contributed by atoms with van der Waals surface area (Å²) in [4.78, 5) is 18.8. The molecule has 0 bridgehead atoms. The predicted molar refractivity (Wildman–Crippen MR) is 113 cm³/mol. The predicted octanol–water partition coefficient (Wildman–Crippen LogP) is 4.70. The first kappa shape index (κ1) is 22.1. The fourth-order valence-electron chi connectivity index (χ4n) is 3.28. The second kappa shape index (κ2) is 11.6.